The molecule has 3 heterocycles. The minimum absolute atomic E-state index is 0. The molecule has 29 heavy (non-hydrogen) atoms. The zero-order valence-electron chi connectivity index (χ0n) is 16.0. The lowest BCUT2D eigenvalue weighted by Gasteiger charge is -2.17. The van der Waals surface area contributed by atoms with Crippen molar-refractivity contribution < 1.29 is 13.5 Å². The molecule has 2 aromatic rings. The summed E-state index contributed by atoms with van der Waals surface area (Å²) in [6.07, 6.45) is 12.9. The van der Waals surface area contributed by atoms with Crippen molar-refractivity contribution in [3.8, 4) is 0 Å². The van der Waals surface area contributed by atoms with E-state index in [9.17, 15) is 4.39 Å². The molecule has 2 aliphatic heterocycles. The fourth-order valence-electron chi connectivity index (χ4n) is 3.94. The summed E-state index contributed by atoms with van der Waals surface area (Å²) in [4.78, 5) is 4.72. The largest absolute Gasteiger partial charge is 0.456 e. The molecule has 0 unspecified atom stereocenters. The topological polar surface area (TPSA) is 25.6 Å². The molecule has 0 spiro atoms. The summed E-state index contributed by atoms with van der Waals surface area (Å²) >= 11 is 1.70. The lowest BCUT2D eigenvalue weighted by molar-refractivity contribution is 0.132. The molecular formula is C23H23ClFNO2S. The first-order valence-corrected chi connectivity index (χ1v) is 10.6. The molecule has 0 bridgehead atoms. The molecule has 5 rings (SSSR count). The molecule has 0 saturated carbocycles. The molecular weight excluding hydrogens is 409 g/mol. The average Bonchev–Trinajstić information content (AvgIpc) is 3.29. The minimum atomic E-state index is -0.249. The van der Waals surface area contributed by atoms with E-state index >= 15 is 0 Å². The molecule has 0 amide bonds. The van der Waals surface area contributed by atoms with Crippen LogP contribution in [-0.4, -0.2) is 37.7 Å². The summed E-state index contributed by atoms with van der Waals surface area (Å²) in [6, 6.07) is 4.70. The Labute approximate surface area is 179 Å². The molecule has 152 valence electrons. The third-order valence-corrected chi connectivity index (χ3v) is 6.53. The van der Waals surface area contributed by atoms with E-state index in [1.807, 2.05) is 12.2 Å². The van der Waals surface area contributed by atoms with Gasteiger partial charge in [0.15, 0.2) is 0 Å². The number of hydrogen-bond donors (Lipinski definition) is 0. The van der Waals surface area contributed by atoms with Crippen LogP contribution in [0.1, 0.15) is 12.8 Å². The zero-order chi connectivity index (χ0) is 18.9. The van der Waals surface area contributed by atoms with Gasteiger partial charge in [0, 0.05) is 27.0 Å². The number of benzene rings is 1. The summed E-state index contributed by atoms with van der Waals surface area (Å²) in [5, 5.41) is 1.79. The first-order valence-electron chi connectivity index (χ1n) is 9.78. The van der Waals surface area contributed by atoms with Crippen molar-refractivity contribution in [2.24, 2.45) is 0 Å². The average molecular weight is 432 g/mol. The highest BCUT2D eigenvalue weighted by Crippen LogP contribution is 2.37. The van der Waals surface area contributed by atoms with E-state index in [-0.39, 0.29) is 18.2 Å². The molecule has 3 aliphatic rings. The number of nitrogens with zero attached hydrogens (tertiary/aromatic N) is 1. The summed E-state index contributed by atoms with van der Waals surface area (Å²) in [6.45, 7) is 4.74. The third-order valence-electron chi connectivity index (χ3n) is 5.37. The fourth-order valence-corrected chi connectivity index (χ4v) is 5.05. The number of likely N-dealkylation sites (tertiary alicyclic amines) is 1. The third kappa shape index (κ3) is 4.24. The predicted molar refractivity (Wildman–Crippen MR) is 120 cm³/mol. The highest BCUT2D eigenvalue weighted by atomic mass is 35.5. The van der Waals surface area contributed by atoms with Gasteiger partial charge in [0.2, 0.25) is 0 Å². The Bertz CT molecular complexity index is 1130. The summed E-state index contributed by atoms with van der Waals surface area (Å²) in [7, 11) is 0. The van der Waals surface area contributed by atoms with Crippen LogP contribution in [0.4, 0.5) is 4.39 Å². The van der Waals surface area contributed by atoms with Crippen LogP contribution < -0.4 is 10.6 Å². The maximum Gasteiger partial charge on any atom is 0.136 e. The van der Waals surface area contributed by atoms with Crippen LogP contribution in [0.2, 0.25) is 0 Å². The summed E-state index contributed by atoms with van der Waals surface area (Å²) in [5.41, 5.74) is 2.61. The lowest BCUT2D eigenvalue weighted by atomic mass is 10.1. The lowest BCUT2D eigenvalue weighted by Crippen LogP contribution is -2.24. The van der Waals surface area contributed by atoms with Gasteiger partial charge in [0.1, 0.15) is 16.8 Å². The van der Waals surface area contributed by atoms with Crippen LogP contribution in [0.15, 0.2) is 57.4 Å². The van der Waals surface area contributed by atoms with Crippen molar-refractivity contribution in [1.29, 1.82) is 0 Å². The van der Waals surface area contributed by atoms with E-state index in [2.05, 4.69) is 23.1 Å². The van der Waals surface area contributed by atoms with Gasteiger partial charge in [-0.1, -0.05) is 30.0 Å². The predicted octanol–water partition coefficient (Wildman–Crippen LogP) is 4.12. The van der Waals surface area contributed by atoms with E-state index in [0.717, 1.165) is 44.6 Å². The van der Waals surface area contributed by atoms with Crippen molar-refractivity contribution >= 4 is 46.1 Å². The molecule has 0 N–H and O–H groups in total. The maximum atomic E-state index is 13.9. The van der Waals surface area contributed by atoms with E-state index in [1.165, 1.54) is 32.0 Å². The van der Waals surface area contributed by atoms with Crippen molar-refractivity contribution in [1.82, 2.24) is 4.90 Å². The second-order valence-electron chi connectivity index (χ2n) is 7.30. The van der Waals surface area contributed by atoms with Gasteiger partial charge >= 0.3 is 0 Å². The van der Waals surface area contributed by atoms with Gasteiger partial charge in [0.05, 0.1) is 13.2 Å². The van der Waals surface area contributed by atoms with Gasteiger partial charge < -0.3 is 14.1 Å². The number of ether oxygens (including phenoxy) is 1. The van der Waals surface area contributed by atoms with E-state index < -0.39 is 0 Å². The Morgan fingerprint density at radius 3 is 2.86 bits per heavy atom. The van der Waals surface area contributed by atoms with Crippen LogP contribution >= 0.6 is 24.2 Å². The molecule has 0 atom stereocenters. The molecule has 0 radical (unpaired) electrons. The molecule has 1 fully saturated rings. The number of thioether (sulfide) groups is 1. The number of hydrogen-bond acceptors (Lipinski definition) is 4. The first kappa shape index (κ1) is 20.5. The van der Waals surface area contributed by atoms with Crippen LogP contribution in [0.3, 0.4) is 0 Å². The Hall–Kier alpha value is -1.79. The standard InChI is InChI=1S/C23H22FNO2S.ClH/c24-17-7-9-20-19(14-17)22-21(27-20)5-3-4-16-6-8-18(28-23(16)22)15-26-13-12-25-10-1-2-11-25;/h3-9,14H,1-2,10-13,15H2;1H. The Morgan fingerprint density at radius 1 is 1.14 bits per heavy atom. The van der Waals surface area contributed by atoms with Gasteiger partial charge in [-0.2, -0.15) is 0 Å². The van der Waals surface area contributed by atoms with E-state index in [4.69, 9.17) is 9.15 Å². The van der Waals surface area contributed by atoms with Crippen LogP contribution in [-0.2, 0) is 4.74 Å². The SMILES string of the molecule is Cl.Fc1ccc2oc3c(c2c1)=C1SC(COCCN2CCCC2)=CC=C1C=CC=3. The van der Waals surface area contributed by atoms with Gasteiger partial charge in [-0.3, -0.25) is 0 Å². The number of allylic oxidation sites excluding steroid dienone is 4. The molecule has 6 heteroatoms. The van der Waals surface area contributed by atoms with E-state index in [0.29, 0.717) is 12.2 Å². The van der Waals surface area contributed by atoms with Crippen molar-refractivity contribution in [2.75, 3.05) is 32.8 Å². The highest BCUT2D eigenvalue weighted by Gasteiger charge is 2.18. The quantitative estimate of drug-likeness (QED) is 0.665. The van der Waals surface area contributed by atoms with Crippen molar-refractivity contribution in [2.45, 2.75) is 12.8 Å². The maximum absolute atomic E-state index is 13.9. The second-order valence-corrected chi connectivity index (χ2v) is 8.43. The molecule has 1 aromatic carbocycles. The molecule has 3 nitrogen and oxygen atoms in total. The molecule has 1 aromatic heterocycles. The zero-order valence-corrected chi connectivity index (χ0v) is 17.7. The van der Waals surface area contributed by atoms with Crippen LogP contribution in [0, 0.1) is 5.82 Å². The van der Waals surface area contributed by atoms with Gasteiger partial charge in [0.25, 0.3) is 0 Å². The smallest absolute Gasteiger partial charge is 0.136 e. The monoisotopic (exact) mass is 431 g/mol. The number of halogens is 2. The van der Waals surface area contributed by atoms with Gasteiger partial charge in [-0.15, -0.1) is 12.4 Å². The Kier molecular flexibility index (Phi) is 6.30. The normalized spacial score (nSPS) is 18.4. The first-order chi connectivity index (χ1) is 13.8. The summed E-state index contributed by atoms with van der Waals surface area (Å²) in [5.74, 6) is -0.249. The van der Waals surface area contributed by atoms with E-state index in [1.54, 1.807) is 23.9 Å². The summed E-state index contributed by atoms with van der Waals surface area (Å²) < 4.78 is 25.8. The molecule has 1 saturated heterocycles. The fraction of sp³-hybridized carbons (Fsp3) is 0.304. The van der Waals surface area contributed by atoms with Gasteiger partial charge in [-0.05, 0) is 61.9 Å². The number of furan rings is 1. The van der Waals surface area contributed by atoms with Crippen molar-refractivity contribution in [3.05, 3.63) is 69.4 Å². The Balaban J connectivity index is 0.00000205. The number of fused-ring (bicyclic) bond motifs is 4. The second kappa shape index (κ2) is 8.92. The van der Waals surface area contributed by atoms with Gasteiger partial charge in [-0.25, -0.2) is 4.39 Å². The van der Waals surface area contributed by atoms with Crippen LogP contribution in [0.5, 0.6) is 0 Å². The van der Waals surface area contributed by atoms with Crippen LogP contribution in [0.25, 0.3) is 22.0 Å². The highest BCUT2D eigenvalue weighted by molar-refractivity contribution is 8.11. The Morgan fingerprint density at radius 2 is 2.00 bits per heavy atom. The molecule has 1 aliphatic carbocycles. The van der Waals surface area contributed by atoms with Crippen molar-refractivity contribution in [3.63, 3.8) is 0 Å². The number of rotatable bonds is 5. The minimum Gasteiger partial charge on any atom is -0.456 e.